The average molecular weight is 280 g/mol. The summed E-state index contributed by atoms with van der Waals surface area (Å²) in [6.45, 7) is 4.36. The van der Waals surface area contributed by atoms with Gasteiger partial charge in [-0.3, -0.25) is 0 Å². The minimum atomic E-state index is -1.63. The zero-order valence-corrected chi connectivity index (χ0v) is 11.8. The lowest BCUT2D eigenvalue weighted by molar-refractivity contribution is -0.223. The maximum atomic E-state index is 11.8. The second kappa shape index (κ2) is 3.46. The first-order valence-electron chi connectivity index (χ1n) is 7.30. The Morgan fingerprint density at radius 1 is 1.35 bits per heavy atom. The second-order valence-electron chi connectivity index (χ2n) is 7.17. The molecule has 0 bridgehead atoms. The van der Waals surface area contributed by atoms with E-state index in [2.05, 4.69) is 6.92 Å². The standard InChI is InChI=1S/C15H20O5/c1-8-9-10(16)11-13(2,4-3-5-14(11)7-19-14)6-15(9,18)20-12(8)17/h10-11,16,18H,3-7H2,1-2H3. The van der Waals surface area contributed by atoms with Gasteiger partial charge in [0.15, 0.2) is 0 Å². The van der Waals surface area contributed by atoms with Crippen LogP contribution in [-0.2, 0) is 14.3 Å². The van der Waals surface area contributed by atoms with E-state index in [1.165, 1.54) is 0 Å². The van der Waals surface area contributed by atoms with E-state index in [4.69, 9.17) is 9.47 Å². The molecule has 1 saturated heterocycles. The van der Waals surface area contributed by atoms with E-state index >= 15 is 0 Å². The quantitative estimate of drug-likeness (QED) is 0.509. The van der Waals surface area contributed by atoms with Crippen molar-refractivity contribution in [1.29, 1.82) is 0 Å². The van der Waals surface area contributed by atoms with Gasteiger partial charge in [0.2, 0.25) is 5.79 Å². The Morgan fingerprint density at radius 3 is 2.70 bits per heavy atom. The number of aliphatic hydroxyl groups excluding tert-OH is 1. The molecule has 4 rings (SSSR count). The molecule has 0 aromatic rings. The van der Waals surface area contributed by atoms with Crippen molar-refractivity contribution in [3.63, 3.8) is 0 Å². The number of carbonyl (C=O) groups is 1. The van der Waals surface area contributed by atoms with Gasteiger partial charge in [0.1, 0.15) is 0 Å². The minimum Gasteiger partial charge on any atom is -0.426 e. The molecule has 2 saturated carbocycles. The van der Waals surface area contributed by atoms with Gasteiger partial charge in [-0.25, -0.2) is 4.79 Å². The highest BCUT2D eigenvalue weighted by atomic mass is 16.7. The third-order valence-electron chi connectivity index (χ3n) is 5.83. The molecule has 5 nitrogen and oxygen atoms in total. The van der Waals surface area contributed by atoms with Crippen molar-refractivity contribution in [3.8, 4) is 0 Å². The van der Waals surface area contributed by atoms with Gasteiger partial charge in [0.05, 0.1) is 18.3 Å². The molecular weight excluding hydrogens is 260 g/mol. The molecule has 0 amide bonds. The number of hydrogen-bond acceptors (Lipinski definition) is 5. The molecular formula is C15H20O5. The third kappa shape index (κ3) is 1.36. The maximum absolute atomic E-state index is 11.8. The Balaban J connectivity index is 1.85. The first-order chi connectivity index (χ1) is 9.31. The van der Waals surface area contributed by atoms with Crippen LogP contribution < -0.4 is 0 Å². The van der Waals surface area contributed by atoms with Gasteiger partial charge < -0.3 is 19.7 Å². The van der Waals surface area contributed by atoms with Crippen molar-refractivity contribution in [3.05, 3.63) is 11.1 Å². The first-order valence-corrected chi connectivity index (χ1v) is 7.30. The van der Waals surface area contributed by atoms with Crippen LogP contribution >= 0.6 is 0 Å². The molecule has 5 heteroatoms. The lowest BCUT2D eigenvalue weighted by atomic mass is 9.53. The van der Waals surface area contributed by atoms with Gasteiger partial charge in [0.25, 0.3) is 0 Å². The number of esters is 1. The number of aliphatic hydroxyl groups is 2. The predicted octanol–water partition coefficient (Wildman–Crippen LogP) is 0.888. The molecule has 3 fully saturated rings. The molecule has 4 aliphatic rings. The smallest absolute Gasteiger partial charge is 0.336 e. The number of rotatable bonds is 0. The van der Waals surface area contributed by atoms with Crippen LogP contribution in [0.15, 0.2) is 11.1 Å². The highest BCUT2D eigenvalue weighted by Gasteiger charge is 2.69. The molecule has 5 unspecified atom stereocenters. The van der Waals surface area contributed by atoms with E-state index < -0.39 is 17.9 Å². The molecule has 0 aromatic carbocycles. The van der Waals surface area contributed by atoms with Crippen molar-refractivity contribution in [2.45, 2.75) is 57.0 Å². The van der Waals surface area contributed by atoms with Crippen LogP contribution in [0.25, 0.3) is 0 Å². The molecule has 0 radical (unpaired) electrons. The van der Waals surface area contributed by atoms with E-state index in [0.717, 1.165) is 19.3 Å². The van der Waals surface area contributed by atoms with E-state index in [1.54, 1.807) is 6.92 Å². The summed E-state index contributed by atoms with van der Waals surface area (Å²) in [5.74, 6) is -2.21. The van der Waals surface area contributed by atoms with Gasteiger partial charge in [-0.05, 0) is 31.6 Å². The van der Waals surface area contributed by atoms with E-state index in [9.17, 15) is 15.0 Å². The fraction of sp³-hybridized carbons (Fsp3) is 0.800. The summed E-state index contributed by atoms with van der Waals surface area (Å²) in [6.07, 6.45) is 2.36. The molecule has 5 atom stereocenters. The molecule has 2 aliphatic carbocycles. The summed E-state index contributed by atoms with van der Waals surface area (Å²) in [4.78, 5) is 11.8. The van der Waals surface area contributed by atoms with Crippen molar-refractivity contribution >= 4 is 5.97 Å². The first kappa shape index (κ1) is 12.8. The van der Waals surface area contributed by atoms with Crippen molar-refractivity contribution in [2.75, 3.05) is 6.61 Å². The van der Waals surface area contributed by atoms with Gasteiger partial charge in [-0.15, -0.1) is 0 Å². The van der Waals surface area contributed by atoms with Crippen LogP contribution in [0.2, 0.25) is 0 Å². The Morgan fingerprint density at radius 2 is 2.05 bits per heavy atom. The van der Waals surface area contributed by atoms with Crippen LogP contribution in [0.1, 0.15) is 39.5 Å². The highest BCUT2D eigenvalue weighted by Crippen LogP contribution is 2.63. The van der Waals surface area contributed by atoms with Crippen LogP contribution in [0.5, 0.6) is 0 Å². The molecule has 2 aliphatic heterocycles. The molecule has 2 heterocycles. The normalized spacial score (nSPS) is 53.7. The number of fused-ring (bicyclic) bond motifs is 3. The number of hydrogen-bond donors (Lipinski definition) is 2. The summed E-state index contributed by atoms with van der Waals surface area (Å²) in [7, 11) is 0. The third-order valence-corrected chi connectivity index (χ3v) is 5.83. The Bertz CT molecular complexity index is 534. The van der Waals surface area contributed by atoms with Crippen LogP contribution in [0.3, 0.4) is 0 Å². The summed E-state index contributed by atoms with van der Waals surface area (Å²) >= 11 is 0. The van der Waals surface area contributed by atoms with Gasteiger partial charge >= 0.3 is 5.97 Å². The summed E-state index contributed by atoms with van der Waals surface area (Å²) in [6, 6.07) is 0. The van der Waals surface area contributed by atoms with Crippen molar-refractivity contribution < 1.29 is 24.5 Å². The van der Waals surface area contributed by atoms with Crippen molar-refractivity contribution in [1.82, 2.24) is 0 Å². The molecule has 110 valence electrons. The summed E-state index contributed by atoms with van der Waals surface area (Å²) < 4.78 is 10.9. The Kier molecular flexibility index (Phi) is 2.21. The average Bonchev–Trinajstić information content (AvgIpc) is 3.01. The lowest BCUT2D eigenvalue weighted by Gasteiger charge is -2.54. The monoisotopic (exact) mass is 280 g/mol. The van der Waals surface area contributed by atoms with Crippen molar-refractivity contribution in [2.24, 2.45) is 11.3 Å². The van der Waals surface area contributed by atoms with Gasteiger partial charge in [-0.2, -0.15) is 0 Å². The molecule has 2 N–H and O–H groups in total. The largest absolute Gasteiger partial charge is 0.426 e. The number of epoxide rings is 1. The molecule has 0 aromatic heterocycles. The summed E-state index contributed by atoms with van der Waals surface area (Å²) in [5, 5.41) is 21.6. The highest BCUT2D eigenvalue weighted by molar-refractivity contribution is 5.92. The fourth-order valence-corrected chi connectivity index (χ4v) is 5.01. The number of ether oxygens (including phenoxy) is 2. The molecule has 1 spiro atoms. The summed E-state index contributed by atoms with van der Waals surface area (Å²) in [5.41, 5.74) is 0.189. The SMILES string of the molecule is CC1=C2C(O)C3C(C)(CCCC34CO4)CC2(O)OC1=O. The topological polar surface area (TPSA) is 79.3 Å². The van der Waals surface area contributed by atoms with Gasteiger partial charge in [0, 0.05) is 23.5 Å². The maximum Gasteiger partial charge on any atom is 0.336 e. The zero-order valence-electron chi connectivity index (χ0n) is 11.8. The predicted molar refractivity (Wildman–Crippen MR) is 68.5 cm³/mol. The minimum absolute atomic E-state index is 0.0662. The van der Waals surface area contributed by atoms with E-state index in [-0.39, 0.29) is 16.9 Å². The fourth-order valence-electron chi connectivity index (χ4n) is 5.01. The van der Waals surface area contributed by atoms with Crippen LogP contribution in [0, 0.1) is 11.3 Å². The zero-order chi connectivity index (χ0) is 14.3. The van der Waals surface area contributed by atoms with Crippen LogP contribution in [0.4, 0.5) is 0 Å². The molecule has 20 heavy (non-hydrogen) atoms. The van der Waals surface area contributed by atoms with E-state index in [1.807, 2.05) is 0 Å². The second-order valence-corrected chi connectivity index (χ2v) is 7.17. The van der Waals surface area contributed by atoms with Gasteiger partial charge in [-0.1, -0.05) is 6.92 Å². The van der Waals surface area contributed by atoms with Crippen LogP contribution in [-0.4, -0.2) is 40.3 Å². The lowest BCUT2D eigenvalue weighted by Crippen LogP contribution is -2.59. The number of carbonyl (C=O) groups excluding carboxylic acids is 1. The Labute approximate surface area is 117 Å². The Hall–Kier alpha value is -0.910. The van der Waals surface area contributed by atoms with E-state index in [0.29, 0.717) is 24.2 Å².